The molecule has 2 fully saturated rings. The second kappa shape index (κ2) is 15.9. The molecular weight excluding hydrogens is 751 g/mol. The maximum Gasteiger partial charge on any atom is 0.429 e. The van der Waals surface area contributed by atoms with Crippen molar-refractivity contribution in [3.05, 3.63) is 77.2 Å². The number of pyridine rings is 1. The van der Waals surface area contributed by atoms with E-state index in [1.165, 1.54) is 36.5 Å². The molecule has 1 amide bonds. The number of nitrogens with zero attached hydrogens (tertiary/aromatic N) is 6. The third-order valence-corrected chi connectivity index (χ3v) is 9.55. The predicted molar refractivity (Wildman–Crippen MR) is 202 cm³/mol. The average molecular weight is 791 g/mol. The molecule has 0 spiro atoms. The first-order chi connectivity index (χ1) is 27.3. The van der Waals surface area contributed by atoms with E-state index in [1.54, 1.807) is 36.7 Å². The summed E-state index contributed by atoms with van der Waals surface area (Å²) in [5.74, 6) is -3.13. The molecule has 3 aromatic carbocycles. The van der Waals surface area contributed by atoms with E-state index in [0.717, 1.165) is 18.6 Å². The third-order valence-electron chi connectivity index (χ3n) is 9.55. The van der Waals surface area contributed by atoms with Gasteiger partial charge in [-0.25, -0.2) is 31.8 Å². The number of aromatic nitrogens is 3. The molecule has 0 aliphatic carbocycles. The van der Waals surface area contributed by atoms with Crippen LogP contribution in [0.5, 0.6) is 11.8 Å². The fraction of sp³-hybridized carbons (Fsp3) is 0.366. The van der Waals surface area contributed by atoms with Gasteiger partial charge in [-0.1, -0.05) is 12.0 Å². The summed E-state index contributed by atoms with van der Waals surface area (Å²) < 4.78 is 96.4. The fourth-order valence-corrected chi connectivity index (χ4v) is 6.89. The number of fused-ring (bicyclic) bond motifs is 2. The number of halogens is 5. The van der Waals surface area contributed by atoms with Crippen molar-refractivity contribution in [3.8, 4) is 35.4 Å². The Morgan fingerprint density at radius 1 is 0.930 bits per heavy atom. The number of methoxy groups -OCH3 is 1. The van der Waals surface area contributed by atoms with Crippen LogP contribution in [0.25, 0.3) is 32.9 Å². The van der Waals surface area contributed by atoms with E-state index in [4.69, 9.17) is 25.4 Å². The van der Waals surface area contributed by atoms with Crippen molar-refractivity contribution in [3.63, 3.8) is 0 Å². The number of benzene rings is 3. The zero-order valence-electron chi connectivity index (χ0n) is 31.7. The lowest BCUT2D eigenvalue weighted by atomic mass is 9.95. The molecule has 2 aliphatic rings. The number of anilines is 2. The van der Waals surface area contributed by atoms with Crippen molar-refractivity contribution in [1.29, 1.82) is 0 Å². The summed E-state index contributed by atoms with van der Waals surface area (Å²) in [5, 5.41) is 3.86. The molecule has 7 rings (SSSR count). The van der Waals surface area contributed by atoms with Crippen molar-refractivity contribution in [1.82, 2.24) is 20.0 Å². The van der Waals surface area contributed by atoms with E-state index in [2.05, 4.69) is 20.9 Å². The normalized spacial score (nSPS) is 15.1. The summed E-state index contributed by atoms with van der Waals surface area (Å²) >= 11 is 0. The van der Waals surface area contributed by atoms with Gasteiger partial charge in [0.05, 0.1) is 17.6 Å². The van der Waals surface area contributed by atoms with Gasteiger partial charge in [-0.3, -0.25) is 9.99 Å². The highest BCUT2D eigenvalue weighted by Gasteiger charge is 2.33. The predicted octanol–water partition coefficient (Wildman–Crippen LogP) is 8.16. The molecule has 0 unspecified atom stereocenters. The summed E-state index contributed by atoms with van der Waals surface area (Å²) in [5.41, 5.74) is -1.05. The molecule has 11 nitrogen and oxygen atoms in total. The number of hydrogen-bond donors (Lipinski definition) is 0. The standard InChI is InChI=1S/C41H39F5N6O5/c1-6-27-30(42)11-10-24-14-26(56-22-54-5)17-28(33(24)27)36-35(46)37-29(18-47-36)38(51-12-8-7-9-13-52(51)40(53)57-41(2,3)4)49-39(48-37)55-21-23-19-50(20-23)25-15-31(43)34(45)32(44)16-25/h1,10-11,14-18,23H,7-9,12-13,19-22H2,2-5H3. The summed E-state index contributed by atoms with van der Waals surface area (Å²) in [6.07, 6.45) is 8.64. The van der Waals surface area contributed by atoms with E-state index in [-0.39, 0.29) is 82.2 Å². The van der Waals surface area contributed by atoms with E-state index < -0.39 is 40.8 Å². The van der Waals surface area contributed by atoms with Crippen LogP contribution in [0.3, 0.4) is 0 Å². The Kier molecular flexibility index (Phi) is 11.0. The van der Waals surface area contributed by atoms with Crippen LogP contribution in [0.2, 0.25) is 0 Å². The number of carbonyl (C=O) groups is 1. The van der Waals surface area contributed by atoms with Crippen LogP contribution in [0.1, 0.15) is 45.6 Å². The largest absolute Gasteiger partial charge is 0.468 e. The highest BCUT2D eigenvalue weighted by molar-refractivity contribution is 6.03. The number of amides is 1. The Morgan fingerprint density at radius 3 is 2.37 bits per heavy atom. The molecule has 0 bridgehead atoms. The van der Waals surface area contributed by atoms with Gasteiger partial charge in [0.25, 0.3) is 0 Å². The van der Waals surface area contributed by atoms with Gasteiger partial charge in [0.15, 0.2) is 35.9 Å². The van der Waals surface area contributed by atoms with Crippen molar-refractivity contribution >= 4 is 39.3 Å². The van der Waals surface area contributed by atoms with Gasteiger partial charge in [-0.15, -0.1) is 6.42 Å². The molecule has 16 heteroatoms. The van der Waals surface area contributed by atoms with Gasteiger partial charge in [0.2, 0.25) is 0 Å². The molecule has 0 atom stereocenters. The van der Waals surface area contributed by atoms with Gasteiger partial charge < -0.3 is 23.8 Å². The molecule has 4 heterocycles. The van der Waals surface area contributed by atoms with Crippen LogP contribution in [0, 0.1) is 47.3 Å². The number of terminal acetylenes is 1. The smallest absolute Gasteiger partial charge is 0.429 e. The van der Waals surface area contributed by atoms with Gasteiger partial charge in [-0.05, 0) is 63.6 Å². The lowest BCUT2D eigenvalue weighted by molar-refractivity contribution is 0.0232. The topological polar surface area (TPSA) is 102 Å². The van der Waals surface area contributed by atoms with Crippen LogP contribution in [0.4, 0.5) is 38.3 Å². The zero-order valence-corrected chi connectivity index (χ0v) is 31.7. The second-order valence-electron chi connectivity index (χ2n) is 14.8. The molecule has 0 N–H and O–H groups in total. The van der Waals surface area contributed by atoms with Crippen LogP contribution < -0.4 is 19.4 Å². The summed E-state index contributed by atoms with van der Waals surface area (Å²) in [7, 11) is 1.44. The number of carbonyl (C=O) groups excluding carboxylic acids is 1. The minimum absolute atomic E-state index is 0.0251. The van der Waals surface area contributed by atoms with Crippen molar-refractivity contribution in [2.75, 3.05) is 56.6 Å². The molecule has 0 saturated carbocycles. The SMILES string of the molecule is C#Cc1c(F)ccc2cc(OCOC)cc(-c3ncc4c(N5CCCCCN5C(=O)OC(C)(C)C)nc(OCC5CN(c6cc(F)c(F)c(F)c6)C5)nc4c3F)c12. The summed E-state index contributed by atoms with van der Waals surface area (Å²) in [4.78, 5) is 29.0. The summed E-state index contributed by atoms with van der Waals surface area (Å²) in [6, 6.07) is 7.43. The minimum Gasteiger partial charge on any atom is -0.468 e. The third kappa shape index (κ3) is 8.02. The lowest BCUT2D eigenvalue weighted by Crippen LogP contribution is -2.49. The Balaban J connectivity index is 1.32. The molecule has 0 radical (unpaired) electrons. The first kappa shape index (κ1) is 39.3. The van der Waals surface area contributed by atoms with Crippen LogP contribution in [0.15, 0.2) is 42.6 Å². The van der Waals surface area contributed by atoms with Crippen molar-refractivity contribution in [2.24, 2.45) is 5.92 Å². The van der Waals surface area contributed by atoms with Gasteiger partial charge in [-0.2, -0.15) is 9.97 Å². The van der Waals surface area contributed by atoms with Crippen molar-refractivity contribution in [2.45, 2.75) is 45.6 Å². The Morgan fingerprint density at radius 2 is 1.67 bits per heavy atom. The number of hydrogen-bond acceptors (Lipinski definition) is 10. The quantitative estimate of drug-likeness (QED) is 0.0629. The van der Waals surface area contributed by atoms with Crippen LogP contribution in [-0.2, 0) is 9.47 Å². The molecule has 2 aliphatic heterocycles. The van der Waals surface area contributed by atoms with Gasteiger partial charge in [0.1, 0.15) is 28.4 Å². The Bertz CT molecular complexity index is 2370. The number of hydrazine groups is 1. The molecule has 2 saturated heterocycles. The molecule has 2 aromatic heterocycles. The summed E-state index contributed by atoms with van der Waals surface area (Å²) in [6.45, 7) is 6.38. The highest BCUT2D eigenvalue weighted by Crippen LogP contribution is 2.40. The second-order valence-corrected chi connectivity index (χ2v) is 14.8. The maximum absolute atomic E-state index is 17.3. The average Bonchev–Trinajstić information content (AvgIpc) is 3.41. The molecular formula is C41H39F5N6O5. The molecule has 298 valence electrons. The maximum atomic E-state index is 17.3. The van der Waals surface area contributed by atoms with Gasteiger partial charge in [0, 0.05) is 74.2 Å². The monoisotopic (exact) mass is 790 g/mol. The van der Waals surface area contributed by atoms with Crippen molar-refractivity contribution < 1.29 is 45.7 Å². The van der Waals surface area contributed by atoms with Crippen LogP contribution >= 0.6 is 0 Å². The van der Waals surface area contributed by atoms with E-state index in [1.807, 2.05) is 0 Å². The first-order valence-corrected chi connectivity index (χ1v) is 18.3. The lowest BCUT2D eigenvalue weighted by Gasteiger charge is -2.40. The first-order valence-electron chi connectivity index (χ1n) is 18.3. The van der Waals surface area contributed by atoms with E-state index in [9.17, 15) is 18.0 Å². The highest BCUT2D eigenvalue weighted by atomic mass is 19.2. The van der Waals surface area contributed by atoms with Crippen LogP contribution in [-0.4, -0.2) is 78.3 Å². The molecule has 5 aromatic rings. The number of rotatable bonds is 9. The Labute approximate surface area is 325 Å². The van der Waals surface area contributed by atoms with E-state index >= 15 is 8.78 Å². The number of ether oxygens (including phenoxy) is 4. The Hall–Kier alpha value is -5.95. The van der Waals surface area contributed by atoms with Gasteiger partial charge >= 0.3 is 12.1 Å². The fourth-order valence-electron chi connectivity index (χ4n) is 6.89. The molecule has 57 heavy (non-hydrogen) atoms. The zero-order chi connectivity index (χ0) is 40.6. The van der Waals surface area contributed by atoms with E-state index in [0.29, 0.717) is 37.9 Å². The minimum atomic E-state index is -1.55.